The van der Waals surface area contributed by atoms with Crippen molar-refractivity contribution in [2.75, 3.05) is 11.9 Å². The van der Waals surface area contributed by atoms with E-state index in [4.69, 9.17) is 0 Å². The number of carbonyl (C=O) groups excluding carboxylic acids is 1. The van der Waals surface area contributed by atoms with Crippen LogP contribution in [-0.2, 0) is 13.0 Å². The van der Waals surface area contributed by atoms with E-state index in [9.17, 15) is 4.79 Å². The van der Waals surface area contributed by atoms with Gasteiger partial charge in [-0.1, -0.05) is 17.7 Å². The molecular weight excluding hydrogens is 238 g/mol. The molecule has 1 aromatic carbocycles. The number of nitrogens with zero attached hydrogens (tertiary/aromatic N) is 1. The van der Waals surface area contributed by atoms with E-state index in [0.717, 1.165) is 18.7 Å². The van der Waals surface area contributed by atoms with E-state index in [-0.39, 0.29) is 6.03 Å². The molecule has 1 aliphatic rings. The van der Waals surface area contributed by atoms with Gasteiger partial charge < -0.3 is 15.2 Å². The van der Waals surface area contributed by atoms with Crippen molar-refractivity contribution in [1.29, 1.82) is 0 Å². The first kappa shape index (κ1) is 11.8. The Hall–Kier alpha value is -2.23. The molecule has 1 aromatic heterocycles. The lowest BCUT2D eigenvalue weighted by molar-refractivity contribution is 0.206. The molecule has 0 fully saturated rings. The SMILES string of the molecule is Cc1ccc(NC(=O)N2CCc3[nH]ccc3C2)cc1. The second-order valence-electron chi connectivity index (χ2n) is 4.95. The maximum atomic E-state index is 12.2. The van der Waals surface area contributed by atoms with Crippen molar-refractivity contribution in [1.82, 2.24) is 9.88 Å². The summed E-state index contributed by atoms with van der Waals surface area (Å²) in [6.07, 6.45) is 2.83. The van der Waals surface area contributed by atoms with E-state index in [1.807, 2.05) is 48.4 Å². The van der Waals surface area contributed by atoms with Crippen molar-refractivity contribution < 1.29 is 4.79 Å². The molecule has 0 atom stereocenters. The lowest BCUT2D eigenvalue weighted by atomic mass is 10.1. The number of aryl methyl sites for hydroxylation is 1. The van der Waals surface area contributed by atoms with Crippen LogP contribution in [-0.4, -0.2) is 22.5 Å². The number of hydrogen-bond donors (Lipinski definition) is 2. The first-order chi connectivity index (χ1) is 9.22. The number of nitrogens with one attached hydrogen (secondary N) is 2. The van der Waals surface area contributed by atoms with Gasteiger partial charge in [-0.05, 0) is 30.7 Å². The molecule has 1 aliphatic heterocycles. The largest absolute Gasteiger partial charge is 0.365 e. The lowest BCUT2D eigenvalue weighted by Gasteiger charge is -2.27. The fourth-order valence-corrected chi connectivity index (χ4v) is 2.36. The van der Waals surface area contributed by atoms with Gasteiger partial charge in [0, 0.05) is 37.1 Å². The molecule has 19 heavy (non-hydrogen) atoms. The topological polar surface area (TPSA) is 48.1 Å². The van der Waals surface area contributed by atoms with Gasteiger partial charge in [-0.3, -0.25) is 0 Å². The third-order valence-corrected chi connectivity index (χ3v) is 3.51. The zero-order valence-electron chi connectivity index (χ0n) is 10.9. The Morgan fingerprint density at radius 3 is 2.84 bits per heavy atom. The molecule has 0 radical (unpaired) electrons. The highest BCUT2D eigenvalue weighted by atomic mass is 16.2. The number of benzene rings is 1. The quantitative estimate of drug-likeness (QED) is 0.808. The van der Waals surface area contributed by atoms with Gasteiger partial charge in [-0.15, -0.1) is 0 Å². The van der Waals surface area contributed by atoms with E-state index < -0.39 is 0 Å². The van der Waals surface area contributed by atoms with E-state index in [2.05, 4.69) is 10.3 Å². The van der Waals surface area contributed by atoms with Crippen LogP contribution >= 0.6 is 0 Å². The molecule has 3 rings (SSSR count). The minimum Gasteiger partial charge on any atom is -0.365 e. The Bertz CT molecular complexity index is 586. The summed E-state index contributed by atoms with van der Waals surface area (Å²) in [7, 11) is 0. The molecular formula is C15H17N3O. The van der Waals surface area contributed by atoms with E-state index in [0.29, 0.717) is 6.54 Å². The van der Waals surface area contributed by atoms with Crippen LogP contribution in [0.3, 0.4) is 0 Å². The minimum atomic E-state index is -0.0318. The van der Waals surface area contributed by atoms with Crippen molar-refractivity contribution in [3.63, 3.8) is 0 Å². The first-order valence-electron chi connectivity index (χ1n) is 6.50. The summed E-state index contributed by atoms with van der Waals surface area (Å²) in [5.41, 5.74) is 4.49. The number of hydrogen-bond acceptors (Lipinski definition) is 1. The number of aromatic amines is 1. The third kappa shape index (κ3) is 2.47. The standard InChI is InChI=1S/C15H17N3O/c1-11-2-4-13(5-3-11)17-15(19)18-9-7-14-12(10-18)6-8-16-14/h2-6,8,16H,7,9-10H2,1H3,(H,17,19). The third-order valence-electron chi connectivity index (χ3n) is 3.51. The van der Waals surface area contributed by atoms with Gasteiger partial charge in [0.2, 0.25) is 0 Å². The summed E-state index contributed by atoms with van der Waals surface area (Å²) in [6.45, 7) is 3.46. The summed E-state index contributed by atoms with van der Waals surface area (Å²) in [4.78, 5) is 17.2. The van der Waals surface area contributed by atoms with Crippen molar-refractivity contribution >= 4 is 11.7 Å². The van der Waals surface area contributed by atoms with Gasteiger partial charge in [0.05, 0.1) is 0 Å². The van der Waals surface area contributed by atoms with Crippen LogP contribution in [0.15, 0.2) is 36.5 Å². The summed E-state index contributed by atoms with van der Waals surface area (Å²) < 4.78 is 0. The van der Waals surface area contributed by atoms with Crippen LogP contribution < -0.4 is 5.32 Å². The maximum absolute atomic E-state index is 12.2. The molecule has 2 aromatic rings. The highest BCUT2D eigenvalue weighted by Gasteiger charge is 2.21. The number of aromatic nitrogens is 1. The molecule has 0 saturated heterocycles. The number of rotatable bonds is 1. The van der Waals surface area contributed by atoms with Crippen molar-refractivity contribution in [3.05, 3.63) is 53.3 Å². The van der Waals surface area contributed by atoms with E-state index >= 15 is 0 Å². The molecule has 98 valence electrons. The number of H-pyrrole nitrogens is 1. The second-order valence-corrected chi connectivity index (χ2v) is 4.95. The Balaban J connectivity index is 1.67. The van der Waals surface area contributed by atoms with Crippen LogP contribution in [0.25, 0.3) is 0 Å². The van der Waals surface area contributed by atoms with Crippen molar-refractivity contribution in [3.8, 4) is 0 Å². The van der Waals surface area contributed by atoms with Crippen LogP contribution in [0.5, 0.6) is 0 Å². The van der Waals surface area contributed by atoms with Gasteiger partial charge in [-0.25, -0.2) is 4.79 Å². The van der Waals surface area contributed by atoms with Crippen LogP contribution in [0.4, 0.5) is 10.5 Å². The zero-order valence-corrected chi connectivity index (χ0v) is 10.9. The number of fused-ring (bicyclic) bond motifs is 1. The lowest BCUT2D eigenvalue weighted by Crippen LogP contribution is -2.38. The van der Waals surface area contributed by atoms with E-state index in [1.54, 1.807) is 0 Å². The van der Waals surface area contributed by atoms with E-state index in [1.165, 1.54) is 16.8 Å². The Labute approximate surface area is 112 Å². The minimum absolute atomic E-state index is 0.0318. The molecule has 0 unspecified atom stereocenters. The highest BCUT2D eigenvalue weighted by Crippen LogP contribution is 2.18. The van der Waals surface area contributed by atoms with Crippen LogP contribution in [0.1, 0.15) is 16.8 Å². The van der Waals surface area contributed by atoms with Gasteiger partial charge in [0.15, 0.2) is 0 Å². The van der Waals surface area contributed by atoms with Crippen molar-refractivity contribution in [2.24, 2.45) is 0 Å². The number of carbonyl (C=O) groups is 1. The van der Waals surface area contributed by atoms with Crippen LogP contribution in [0.2, 0.25) is 0 Å². The molecule has 4 heteroatoms. The molecule has 0 saturated carbocycles. The molecule has 2 heterocycles. The predicted molar refractivity (Wildman–Crippen MR) is 75.1 cm³/mol. The Kier molecular flexibility index (Phi) is 2.99. The monoisotopic (exact) mass is 255 g/mol. The maximum Gasteiger partial charge on any atom is 0.322 e. The molecule has 0 bridgehead atoms. The smallest absolute Gasteiger partial charge is 0.322 e. The van der Waals surface area contributed by atoms with Crippen LogP contribution in [0, 0.1) is 6.92 Å². The van der Waals surface area contributed by atoms with Crippen molar-refractivity contribution in [2.45, 2.75) is 19.9 Å². The average molecular weight is 255 g/mol. The molecule has 0 aliphatic carbocycles. The summed E-state index contributed by atoms with van der Waals surface area (Å²) in [5.74, 6) is 0. The Morgan fingerprint density at radius 1 is 1.26 bits per heavy atom. The number of urea groups is 1. The summed E-state index contributed by atoms with van der Waals surface area (Å²) >= 11 is 0. The molecule has 0 spiro atoms. The predicted octanol–water partition coefficient (Wildman–Crippen LogP) is 2.91. The highest BCUT2D eigenvalue weighted by molar-refractivity contribution is 5.89. The first-order valence-corrected chi connectivity index (χ1v) is 6.50. The van der Waals surface area contributed by atoms with Gasteiger partial charge in [0.25, 0.3) is 0 Å². The van der Waals surface area contributed by atoms with Gasteiger partial charge in [0.1, 0.15) is 0 Å². The average Bonchev–Trinajstić information content (AvgIpc) is 2.88. The Morgan fingerprint density at radius 2 is 2.05 bits per heavy atom. The normalized spacial score (nSPS) is 14.1. The van der Waals surface area contributed by atoms with Gasteiger partial charge >= 0.3 is 6.03 Å². The molecule has 4 nitrogen and oxygen atoms in total. The fourth-order valence-electron chi connectivity index (χ4n) is 2.36. The second kappa shape index (κ2) is 4.80. The molecule has 2 N–H and O–H groups in total. The van der Waals surface area contributed by atoms with Gasteiger partial charge in [-0.2, -0.15) is 0 Å². The molecule has 2 amide bonds. The fraction of sp³-hybridized carbons (Fsp3) is 0.267. The summed E-state index contributed by atoms with van der Waals surface area (Å²) in [6, 6.07) is 9.86. The number of anilines is 1. The number of amides is 2. The zero-order chi connectivity index (χ0) is 13.2. The summed E-state index contributed by atoms with van der Waals surface area (Å²) in [5, 5.41) is 2.94.